The molecule has 0 amide bonds. The Bertz CT molecular complexity index is 126. The number of nitrogens with one attached hydrogen (secondary N) is 1. The average Bonchev–Trinajstić information content (AvgIpc) is 2.36. The van der Waals surface area contributed by atoms with Gasteiger partial charge in [-0.1, -0.05) is 0 Å². The lowest BCUT2D eigenvalue weighted by Gasteiger charge is -2.34. The van der Waals surface area contributed by atoms with Gasteiger partial charge in [0.25, 0.3) is 0 Å². The Balaban J connectivity index is 2.03. The summed E-state index contributed by atoms with van der Waals surface area (Å²) in [6.07, 6.45) is 2.64. The van der Waals surface area contributed by atoms with Gasteiger partial charge >= 0.3 is 0 Å². The SMILES string of the molecule is N[C@H]1CNCN2CCC[C@H]12. The molecule has 2 saturated heterocycles. The van der Waals surface area contributed by atoms with Gasteiger partial charge < -0.3 is 11.1 Å². The molecule has 0 aromatic carbocycles. The fraction of sp³-hybridized carbons (Fsp3) is 1.00. The highest BCUT2D eigenvalue weighted by atomic mass is 15.3. The van der Waals surface area contributed by atoms with Crippen molar-refractivity contribution < 1.29 is 0 Å². The summed E-state index contributed by atoms with van der Waals surface area (Å²) in [6.45, 7) is 3.30. The molecule has 0 aromatic rings. The number of fused-ring (bicyclic) bond motifs is 1. The molecule has 3 heteroatoms. The number of hydrogen-bond donors (Lipinski definition) is 2. The van der Waals surface area contributed by atoms with Crippen molar-refractivity contribution in [1.82, 2.24) is 10.2 Å². The van der Waals surface area contributed by atoms with E-state index < -0.39 is 0 Å². The molecule has 58 valence electrons. The summed E-state index contributed by atoms with van der Waals surface area (Å²) >= 11 is 0. The summed E-state index contributed by atoms with van der Waals surface area (Å²) in [7, 11) is 0. The summed E-state index contributed by atoms with van der Waals surface area (Å²) in [4.78, 5) is 2.45. The van der Waals surface area contributed by atoms with E-state index in [1.54, 1.807) is 0 Å². The first-order valence-corrected chi connectivity index (χ1v) is 4.08. The molecule has 2 rings (SSSR count). The predicted molar refractivity (Wildman–Crippen MR) is 40.6 cm³/mol. The molecule has 10 heavy (non-hydrogen) atoms. The zero-order chi connectivity index (χ0) is 6.97. The van der Waals surface area contributed by atoms with Crippen molar-refractivity contribution in [3.63, 3.8) is 0 Å². The van der Waals surface area contributed by atoms with Crippen molar-refractivity contribution >= 4 is 0 Å². The second-order valence-corrected chi connectivity index (χ2v) is 3.30. The predicted octanol–water partition coefficient (Wildman–Crippen LogP) is -0.661. The highest BCUT2D eigenvalue weighted by Gasteiger charge is 2.31. The first-order valence-electron chi connectivity index (χ1n) is 4.08. The molecule has 2 atom stereocenters. The maximum atomic E-state index is 5.92. The molecule has 0 aromatic heterocycles. The second kappa shape index (κ2) is 2.49. The monoisotopic (exact) mass is 141 g/mol. The van der Waals surface area contributed by atoms with E-state index in [1.807, 2.05) is 0 Å². The lowest BCUT2D eigenvalue weighted by molar-refractivity contribution is 0.165. The van der Waals surface area contributed by atoms with Gasteiger partial charge in [0.05, 0.1) is 0 Å². The van der Waals surface area contributed by atoms with Gasteiger partial charge in [-0.2, -0.15) is 0 Å². The molecule has 0 radical (unpaired) electrons. The Morgan fingerprint density at radius 3 is 3.20 bits per heavy atom. The Hall–Kier alpha value is -0.120. The Morgan fingerprint density at radius 1 is 1.50 bits per heavy atom. The molecule has 0 unspecified atom stereocenters. The van der Waals surface area contributed by atoms with Gasteiger partial charge in [0.15, 0.2) is 0 Å². The van der Waals surface area contributed by atoms with E-state index >= 15 is 0 Å². The van der Waals surface area contributed by atoms with Crippen LogP contribution in [0.4, 0.5) is 0 Å². The van der Waals surface area contributed by atoms with E-state index in [0.29, 0.717) is 12.1 Å². The Kier molecular flexibility index (Phi) is 1.64. The molecule has 2 aliphatic heterocycles. The van der Waals surface area contributed by atoms with Crippen LogP contribution in [0.5, 0.6) is 0 Å². The Labute approximate surface area is 61.6 Å². The van der Waals surface area contributed by atoms with Crippen molar-refractivity contribution in [2.75, 3.05) is 19.8 Å². The largest absolute Gasteiger partial charge is 0.325 e. The highest BCUT2D eigenvalue weighted by Crippen LogP contribution is 2.19. The summed E-state index contributed by atoms with van der Waals surface area (Å²) < 4.78 is 0. The van der Waals surface area contributed by atoms with Gasteiger partial charge in [0.2, 0.25) is 0 Å². The Morgan fingerprint density at radius 2 is 2.40 bits per heavy atom. The van der Waals surface area contributed by atoms with Crippen molar-refractivity contribution in [2.45, 2.75) is 24.9 Å². The third-order valence-corrected chi connectivity index (χ3v) is 2.60. The smallest absolute Gasteiger partial charge is 0.0484 e. The van der Waals surface area contributed by atoms with E-state index in [0.717, 1.165) is 13.2 Å². The van der Waals surface area contributed by atoms with E-state index in [-0.39, 0.29) is 0 Å². The molecular weight excluding hydrogens is 126 g/mol. The van der Waals surface area contributed by atoms with E-state index in [1.165, 1.54) is 19.4 Å². The van der Waals surface area contributed by atoms with Crippen LogP contribution < -0.4 is 11.1 Å². The third-order valence-electron chi connectivity index (χ3n) is 2.60. The minimum absolute atomic E-state index is 0.372. The van der Waals surface area contributed by atoms with Crippen LogP contribution in [-0.4, -0.2) is 36.7 Å². The minimum atomic E-state index is 0.372. The zero-order valence-corrected chi connectivity index (χ0v) is 6.21. The molecule has 3 N–H and O–H groups in total. The lowest BCUT2D eigenvalue weighted by atomic mass is 10.1. The molecule has 2 aliphatic rings. The topological polar surface area (TPSA) is 41.3 Å². The summed E-state index contributed by atoms with van der Waals surface area (Å²) in [5, 5.41) is 3.31. The second-order valence-electron chi connectivity index (χ2n) is 3.30. The molecule has 2 fully saturated rings. The van der Waals surface area contributed by atoms with Gasteiger partial charge in [-0.25, -0.2) is 0 Å². The minimum Gasteiger partial charge on any atom is -0.325 e. The van der Waals surface area contributed by atoms with Gasteiger partial charge in [-0.3, -0.25) is 4.90 Å². The molecule has 0 saturated carbocycles. The summed E-state index contributed by atoms with van der Waals surface area (Å²) in [5.41, 5.74) is 5.92. The van der Waals surface area contributed by atoms with E-state index in [9.17, 15) is 0 Å². The van der Waals surface area contributed by atoms with E-state index in [2.05, 4.69) is 10.2 Å². The van der Waals surface area contributed by atoms with Gasteiger partial charge in [-0.05, 0) is 19.4 Å². The maximum Gasteiger partial charge on any atom is 0.0484 e. The van der Waals surface area contributed by atoms with Crippen LogP contribution in [0, 0.1) is 0 Å². The highest BCUT2D eigenvalue weighted by molar-refractivity contribution is 4.91. The fourth-order valence-corrected chi connectivity index (χ4v) is 2.04. The van der Waals surface area contributed by atoms with E-state index in [4.69, 9.17) is 5.73 Å². The standard InChI is InChI=1S/C7H15N3/c8-6-4-9-5-10-3-1-2-7(6)10/h6-7,9H,1-5,8H2/t6-,7+/m0/s1. The van der Waals surface area contributed by atoms with Crippen molar-refractivity contribution in [2.24, 2.45) is 5.73 Å². The quantitative estimate of drug-likeness (QED) is 0.470. The molecule has 0 bridgehead atoms. The van der Waals surface area contributed by atoms with Crippen molar-refractivity contribution in [1.29, 1.82) is 0 Å². The van der Waals surface area contributed by atoms with Crippen LogP contribution in [0.25, 0.3) is 0 Å². The zero-order valence-electron chi connectivity index (χ0n) is 6.21. The van der Waals surface area contributed by atoms with Crippen molar-refractivity contribution in [3.05, 3.63) is 0 Å². The molecule has 0 spiro atoms. The van der Waals surface area contributed by atoms with Gasteiger partial charge in [-0.15, -0.1) is 0 Å². The van der Waals surface area contributed by atoms with Crippen LogP contribution in [0.15, 0.2) is 0 Å². The molecule has 0 aliphatic carbocycles. The molecule has 3 nitrogen and oxygen atoms in total. The molecule has 2 heterocycles. The normalized spacial score (nSPS) is 41.7. The number of nitrogens with two attached hydrogens (primary N) is 1. The summed E-state index contributed by atoms with van der Waals surface area (Å²) in [6, 6.07) is 1.05. The number of hydrogen-bond acceptors (Lipinski definition) is 3. The summed E-state index contributed by atoms with van der Waals surface area (Å²) in [5.74, 6) is 0. The van der Waals surface area contributed by atoms with Crippen LogP contribution in [0.1, 0.15) is 12.8 Å². The fourth-order valence-electron chi connectivity index (χ4n) is 2.04. The van der Waals surface area contributed by atoms with Crippen LogP contribution in [0.2, 0.25) is 0 Å². The molecular formula is C7H15N3. The third kappa shape index (κ3) is 0.944. The van der Waals surface area contributed by atoms with Crippen LogP contribution in [-0.2, 0) is 0 Å². The van der Waals surface area contributed by atoms with Gasteiger partial charge in [0.1, 0.15) is 0 Å². The van der Waals surface area contributed by atoms with Crippen LogP contribution >= 0.6 is 0 Å². The number of rotatable bonds is 0. The number of nitrogens with zero attached hydrogens (tertiary/aromatic N) is 1. The maximum absolute atomic E-state index is 5.92. The lowest BCUT2D eigenvalue weighted by Crippen LogP contribution is -2.57. The first kappa shape index (κ1) is 6.58. The first-order chi connectivity index (χ1) is 4.88. The van der Waals surface area contributed by atoms with Crippen molar-refractivity contribution in [3.8, 4) is 0 Å². The van der Waals surface area contributed by atoms with Crippen LogP contribution in [0.3, 0.4) is 0 Å². The average molecular weight is 141 g/mol. The van der Waals surface area contributed by atoms with Gasteiger partial charge in [0, 0.05) is 25.3 Å².